The van der Waals surface area contributed by atoms with Crippen LogP contribution >= 0.6 is 0 Å². The van der Waals surface area contributed by atoms with E-state index in [1.165, 1.54) is 45.4 Å². The molecule has 3 heterocycles. The third-order valence-electron chi connectivity index (χ3n) is 4.79. The van der Waals surface area contributed by atoms with Crippen molar-refractivity contribution < 1.29 is 0 Å². The predicted molar refractivity (Wildman–Crippen MR) is 53.6 cm³/mol. The van der Waals surface area contributed by atoms with Crippen molar-refractivity contribution >= 4 is 0 Å². The van der Waals surface area contributed by atoms with Crippen molar-refractivity contribution in [2.24, 2.45) is 17.3 Å². The highest BCUT2D eigenvalue weighted by Crippen LogP contribution is 2.59. The van der Waals surface area contributed by atoms with E-state index in [-0.39, 0.29) is 0 Å². The Hall–Kier alpha value is -0.0800. The lowest BCUT2D eigenvalue weighted by Gasteiger charge is -2.64. The van der Waals surface area contributed by atoms with Crippen LogP contribution in [0.15, 0.2) is 0 Å². The normalized spacial score (nSPS) is 43.2. The minimum absolute atomic E-state index is 0.789. The molecule has 4 aliphatic rings. The molecule has 0 aromatic carbocycles. The second-order valence-electron chi connectivity index (χ2n) is 5.33. The zero-order chi connectivity index (χ0) is 8.89. The maximum atomic E-state index is 3.50. The van der Waals surface area contributed by atoms with E-state index in [1.807, 2.05) is 0 Å². The Morgan fingerprint density at radius 3 is 2.38 bits per heavy atom. The monoisotopic (exact) mass is 180 g/mol. The molecule has 1 saturated carbocycles. The van der Waals surface area contributed by atoms with Crippen molar-refractivity contribution in [2.75, 3.05) is 33.2 Å². The van der Waals surface area contributed by atoms with Gasteiger partial charge in [0.15, 0.2) is 0 Å². The van der Waals surface area contributed by atoms with E-state index in [0.717, 1.165) is 17.3 Å². The molecule has 0 aromatic rings. The Labute approximate surface area is 80.7 Å². The molecule has 74 valence electrons. The van der Waals surface area contributed by atoms with Crippen molar-refractivity contribution in [3.8, 4) is 0 Å². The molecule has 1 spiro atoms. The number of rotatable bonds is 0. The fourth-order valence-electron chi connectivity index (χ4n) is 4.03. The molecule has 2 heteroatoms. The average molecular weight is 180 g/mol. The maximum Gasteiger partial charge on any atom is 0.00123 e. The molecule has 3 aliphatic heterocycles. The summed E-state index contributed by atoms with van der Waals surface area (Å²) in [6.07, 6.45) is 4.44. The number of fused-ring (bicyclic) bond motifs is 2. The van der Waals surface area contributed by atoms with Gasteiger partial charge in [-0.2, -0.15) is 0 Å². The van der Waals surface area contributed by atoms with Gasteiger partial charge in [0, 0.05) is 13.1 Å². The van der Waals surface area contributed by atoms with E-state index < -0.39 is 0 Å². The molecule has 0 aromatic heterocycles. The molecule has 13 heavy (non-hydrogen) atoms. The van der Waals surface area contributed by atoms with Crippen molar-refractivity contribution in [3.05, 3.63) is 0 Å². The molecular weight excluding hydrogens is 160 g/mol. The van der Waals surface area contributed by atoms with E-state index in [1.54, 1.807) is 0 Å². The first-order valence-corrected chi connectivity index (χ1v) is 5.70. The zero-order valence-corrected chi connectivity index (χ0v) is 8.55. The van der Waals surface area contributed by atoms with Gasteiger partial charge in [-0.1, -0.05) is 0 Å². The first-order chi connectivity index (χ1) is 6.31. The van der Waals surface area contributed by atoms with E-state index in [4.69, 9.17) is 0 Å². The molecule has 2 nitrogen and oxygen atoms in total. The fraction of sp³-hybridized carbons (Fsp3) is 1.00. The Morgan fingerprint density at radius 1 is 1.15 bits per heavy atom. The quantitative estimate of drug-likeness (QED) is 0.597. The van der Waals surface area contributed by atoms with Gasteiger partial charge in [-0.05, 0) is 56.7 Å². The van der Waals surface area contributed by atoms with Crippen LogP contribution in [0.5, 0.6) is 0 Å². The minimum Gasteiger partial charge on any atom is -0.317 e. The SMILES string of the molecule is CN1CC2CC(C1)C21CCNCC1. The summed E-state index contributed by atoms with van der Waals surface area (Å²) in [5.74, 6) is 2.08. The molecule has 4 fully saturated rings. The summed E-state index contributed by atoms with van der Waals surface area (Å²) in [4.78, 5) is 2.53. The smallest absolute Gasteiger partial charge is 0.00123 e. The summed E-state index contributed by atoms with van der Waals surface area (Å²) in [5, 5.41) is 3.50. The van der Waals surface area contributed by atoms with E-state index >= 15 is 0 Å². The third kappa shape index (κ3) is 1.02. The van der Waals surface area contributed by atoms with Crippen LogP contribution in [0, 0.1) is 17.3 Å². The summed E-state index contributed by atoms with van der Waals surface area (Å²) in [6.45, 7) is 5.29. The van der Waals surface area contributed by atoms with Crippen LogP contribution in [0.4, 0.5) is 0 Å². The van der Waals surface area contributed by atoms with Crippen molar-refractivity contribution in [1.29, 1.82) is 0 Å². The number of piperidine rings is 3. The Balaban J connectivity index is 1.78. The van der Waals surface area contributed by atoms with Crippen molar-refractivity contribution in [3.63, 3.8) is 0 Å². The van der Waals surface area contributed by atoms with Gasteiger partial charge in [0.1, 0.15) is 0 Å². The van der Waals surface area contributed by atoms with Gasteiger partial charge in [0.25, 0.3) is 0 Å². The molecule has 1 aliphatic carbocycles. The number of hydrogen-bond acceptors (Lipinski definition) is 2. The lowest BCUT2D eigenvalue weighted by atomic mass is 9.47. The zero-order valence-electron chi connectivity index (χ0n) is 8.55. The van der Waals surface area contributed by atoms with Gasteiger partial charge in [-0.25, -0.2) is 0 Å². The lowest BCUT2D eigenvalue weighted by molar-refractivity contribution is -0.139. The van der Waals surface area contributed by atoms with E-state index in [9.17, 15) is 0 Å². The molecule has 1 N–H and O–H groups in total. The van der Waals surface area contributed by atoms with Crippen LogP contribution < -0.4 is 5.32 Å². The molecule has 2 atom stereocenters. The largest absolute Gasteiger partial charge is 0.317 e. The first kappa shape index (κ1) is 8.25. The summed E-state index contributed by atoms with van der Waals surface area (Å²) in [6, 6.07) is 0. The minimum atomic E-state index is 0.789. The Morgan fingerprint density at radius 2 is 1.77 bits per heavy atom. The molecule has 0 amide bonds. The molecule has 3 saturated heterocycles. The first-order valence-electron chi connectivity index (χ1n) is 5.70. The highest BCUT2D eigenvalue weighted by molar-refractivity contribution is 5.08. The predicted octanol–water partition coefficient (Wildman–Crippen LogP) is 0.938. The maximum absolute atomic E-state index is 3.50. The van der Waals surface area contributed by atoms with Crippen LogP contribution in [-0.4, -0.2) is 38.1 Å². The van der Waals surface area contributed by atoms with Crippen LogP contribution in [0.1, 0.15) is 19.3 Å². The summed E-state index contributed by atoms with van der Waals surface area (Å²) in [5.41, 5.74) is 0.789. The lowest BCUT2D eigenvalue weighted by Crippen LogP contribution is -2.64. The van der Waals surface area contributed by atoms with Gasteiger partial charge in [-0.15, -0.1) is 0 Å². The summed E-state index contributed by atoms with van der Waals surface area (Å²) >= 11 is 0. The molecule has 2 bridgehead atoms. The number of nitrogens with one attached hydrogen (secondary N) is 1. The second kappa shape index (κ2) is 2.71. The highest BCUT2D eigenvalue weighted by Gasteiger charge is 2.57. The van der Waals surface area contributed by atoms with Crippen molar-refractivity contribution in [2.45, 2.75) is 19.3 Å². The molecule has 2 unspecified atom stereocenters. The number of nitrogens with zero attached hydrogens (tertiary/aromatic N) is 1. The second-order valence-corrected chi connectivity index (χ2v) is 5.33. The van der Waals surface area contributed by atoms with Crippen molar-refractivity contribution in [1.82, 2.24) is 10.2 Å². The van der Waals surface area contributed by atoms with Gasteiger partial charge in [-0.3, -0.25) is 0 Å². The van der Waals surface area contributed by atoms with E-state index in [2.05, 4.69) is 17.3 Å². The highest BCUT2D eigenvalue weighted by atomic mass is 15.1. The Bertz CT molecular complexity index is 194. The van der Waals surface area contributed by atoms with Crippen LogP contribution in [0.3, 0.4) is 0 Å². The van der Waals surface area contributed by atoms with Gasteiger partial charge < -0.3 is 10.2 Å². The Kier molecular flexibility index (Phi) is 1.72. The topological polar surface area (TPSA) is 15.3 Å². The molecule has 0 radical (unpaired) electrons. The summed E-state index contributed by atoms with van der Waals surface area (Å²) in [7, 11) is 2.28. The third-order valence-corrected chi connectivity index (χ3v) is 4.79. The molecule has 4 rings (SSSR count). The van der Waals surface area contributed by atoms with Gasteiger partial charge in [0.2, 0.25) is 0 Å². The fourth-order valence-corrected chi connectivity index (χ4v) is 4.03. The van der Waals surface area contributed by atoms with Crippen LogP contribution in [0.25, 0.3) is 0 Å². The van der Waals surface area contributed by atoms with Gasteiger partial charge >= 0.3 is 0 Å². The van der Waals surface area contributed by atoms with E-state index in [0.29, 0.717) is 0 Å². The average Bonchev–Trinajstić information content (AvgIpc) is 2.19. The van der Waals surface area contributed by atoms with Crippen LogP contribution in [0.2, 0.25) is 0 Å². The summed E-state index contributed by atoms with van der Waals surface area (Å²) < 4.78 is 0. The molecular formula is C11H20N2. The van der Waals surface area contributed by atoms with Gasteiger partial charge in [0.05, 0.1) is 0 Å². The number of hydrogen-bond donors (Lipinski definition) is 1. The van der Waals surface area contributed by atoms with Crippen LogP contribution in [-0.2, 0) is 0 Å². The standard InChI is InChI=1S/C11H20N2/c1-13-7-9-6-10(8-13)11(9)2-4-12-5-3-11/h9-10,12H,2-8H2,1H3.